The first kappa shape index (κ1) is 13.5. The second kappa shape index (κ2) is 5.03. The van der Waals surface area contributed by atoms with Gasteiger partial charge in [0.2, 0.25) is 0 Å². The molecule has 2 aromatic carbocycles. The zero-order valence-electron chi connectivity index (χ0n) is 12.9. The Hall–Kier alpha value is -1.94. The Labute approximate surface area is 136 Å². The van der Waals surface area contributed by atoms with Gasteiger partial charge in [0, 0.05) is 24.2 Å². The van der Waals surface area contributed by atoms with Crippen LogP contribution in [0.5, 0.6) is 0 Å². The highest BCUT2D eigenvalue weighted by Crippen LogP contribution is 2.53. The first-order chi connectivity index (χ1) is 11.4. The number of fused-ring (bicyclic) bond motifs is 5. The maximum absolute atomic E-state index is 6.66. The van der Waals surface area contributed by atoms with Crippen molar-refractivity contribution in [2.45, 2.75) is 11.8 Å². The summed E-state index contributed by atoms with van der Waals surface area (Å²) in [6.45, 7) is 3.42. The standard InChI is InChI=1S/C20H19NO2/c1-3-7-17-15(5-1)16-6-2-4-8-18(16)20(17)10-9-19(23-20)21-11-13-22-14-12-21/h1-10,19H,11-14H2. The maximum Gasteiger partial charge on any atom is 0.140 e. The van der Waals surface area contributed by atoms with Gasteiger partial charge in [-0.25, -0.2) is 0 Å². The van der Waals surface area contributed by atoms with Gasteiger partial charge >= 0.3 is 0 Å². The highest BCUT2D eigenvalue weighted by Gasteiger charge is 2.47. The molecule has 1 aliphatic carbocycles. The Morgan fingerprint density at radius 2 is 1.48 bits per heavy atom. The van der Waals surface area contributed by atoms with Crippen LogP contribution in [0.2, 0.25) is 0 Å². The van der Waals surface area contributed by atoms with Gasteiger partial charge in [0.15, 0.2) is 0 Å². The summed E-state index contributed by atoms with van der Waals surface area (Å²) in [6.07, 6.45) is 4.49. The molecule has 2 heterocycles. The van der Waals surface area contributed by atoms with Crippen LogP contribution in [0, 0.1) is 0 Å². The van der Waals surface area contributed by atoms with Crippen LogP contribution >= 0.6 is 0 Å². The molecule has 0 saturated carbocycles. The molecule has 3 heteroatoms. The summed E-state index contributed by atoms with van der Waals surface area (Å²) in [5.41, 5.74) is 4.66. The molecule has 3 aliphatic rings. The van der Waals surface area contributed by atoms with Crippen LogP contribution in [0.1, 0.15) is 11.1 Å². The molecule has 0 aromatic heterocycles. The van der Waals surface area contributed by atoms with Crippen LogP contribution in [0.4, 0.5) is 0 Å². The van der Waals surface area contributed by atoms with Gasteiger partial charge in [-0.2, -0.15) is 0 Å². The largest absolute Gasteiger partial charge is 0.379 e. The van der Waals surface area contributed by atoms with Gasteiger partial charge in [-0.1, -0.05) is 48.5 Å². The lowest BCUT2D eigenvalue weighted by Crippen LogP contribution is -2.44. The summed E-state index contributed by atoms with van der Waals surface area (Å²) in [5.74, 6) is 0. The third kappa shape index (κ3) is 1.88. The molecule has 0 radical (unpaired) electrons. The molecule has 23 heavy (non-hydrogen) atoms. The predicted octanol–water partition coefficient (Wildman–Crippen LogP) is 3.16. The lowest BCUT2D eigenvalue weighted by molar-refractivity contribution is -0.104. The van der Waals surface area contributed by atoms with Gasteiger partial charge in [-0.3, -0.25) is 4.90 Å². The Balaban J connectivity index is 1.59. The van der Waals surface area contributed by atoms with E-state index < -0.39 is 5.60 Å². The zero-order valence-corrected chi connectivity index (χ0v) is 12.9. The number of morpholine rings is 1. The van der Waals surface area contributed by atoms with Crippen LogP contribution in [-0.4, -0.2) is 37.4 Å². The predicted molar refractivity (Wildman–Crippen MR) is 89.1 cm³/mol. The van der Waals surface area contributed by atoms with Gasteiger partial charge < -0.3 is 9.47 Å². The van der Waals surface area contributed by atoms with Gasteiger partial charge in [0.25, 0.3) is 0 Å². The van der Waals surface area contributed by atoms with Gasteiger partial charge in [0.05, 0.1) is 13.2 Å². The van der Waals surface area contributed by atoms with E-state index in [1.807, 2.05) is 0 Å². The monoisotopic (exact) mass is 305 g/mol. The topological polar surface area (TPSA) is 21.7 Å². The Morgan fingerprint density at radius 1 is 0.870 bits per heavy atom. The van der Waals surface area contributed by atoms with Crippen LogP contribution in [0.15, 0.2) is 60.7 Å². The molecule has 1 unspecified atom stereocenters. The molecule has 1 atom stereocenters. The summed E-state index contributed by atoms with van der Waals surface area (Å²) in [7, 11) is 0. The third-order valence-electron chi connectivity index (χ3n) is 5.15. The number of benzene rings is 2. The van der Waals surface area contributed by atoms with E-state index in [0.29, 0.717) is 0 Å². The minimum absolute atomic E-state index is 0.0260. The molecule has 3 nitrogen and oxygen atoms in total. The highest BCUT2D eigenvalue weighted by atomic mass is 16.5. The molecule has 1 spiro atoms. The number of ether oxygens (including phenoxy) is 2. The van der Waals surface area contributed by atoms with E-state index in [1.54, 1.807) is 0 Å². The summed E-state index contributed by atoms with van der Waals surface area (Å²) >= 11 is 0. The second-order valence-corrected chi connectivity index (χ2v) is 6.34. The lowest BCUT2D eigenvalue weighted by Gasteiger charge is -2.34. The van der Waals surface area contributed by atoms with Crippen molar-refractivity contribution in [1.82, 2.24) is 4.90 Å². The average Bonchev–Trinajstić information content (AvgIpc) is 3.19. The summed E-state index contributed by atoms with van der Waals surface area (Å²) in [6, 6.07) is 17.2. The number of nitrogens with zero attached hydrogens (tertiary/aromatic N) is 1. The number of rotatable bonds is 1. The van der Waals surface area contributed by atoms with E-state index in [4.69, 9.17) is 9.47 Å². The number of hydrogen-bond acceptors (Lipinski definition) is 3. The highest BCUT2D eigenvalue weighted by molar-refractivity contribution is 5.81. The molecule has 5 rings (SSSR count). The molecule has 116 valence electrons. The molecular formula is C20H19NO2. The molecule has 1 fully saturated rings. The fourth-order valence-electron chi connectivity index (χ4n) is 4.05. The van der Waals surface area contributed by atoms with E-state index in [-0.39, 0.29) is 6.23 Å². The summed E-state index contributed by atoms with van der Waals surface area (Å²) in [5, 5.41) is 0. The van der Waals surface area contributed by atoms with Gasteiger partial charge in [-0.05, 0) is 23.3 Å². The molecule has 0 amide bonds. The quantitative estimate of drug-likeness (QED) is 0.756. The first-order valence-electron chi connectivity index (χ1n) is 8.27. The first-order valence-corrected chi connectivity index (χ1v) is 8.27. The molecule has 0 bridgehead atoms. The van der Waals surface area contributed by atoms with Gasteiger partial charge in [0.1, 0.15) is 11.8 Å². The second-order valence-electron chi connectivity index (χ2n) is 6.34. The Bertz CT molecular complexity index is 731. The fraction of sp³-hybridized carbons (Fsp3) is 0.300. The molecule has 1 saturated heterocycles. The van der Waals surface area contributed by atoms with Crippen molar-refractivity contribution < 1.29 is 9.47 Å². The van der Waals surface area contributed by atoms with Crippen LogP contribution in [-0.2, 0) is 15.1 Å². The molecule has 2 aromatic rings. The SMILES string of the molecule is C1=CC2(OC1N1CCOCC1)c1ccccc1-c1ccccc12. The van der Waals surface area contributed by atoms with Crippen LogP contribution < -0.4 is 0 Å². The van der Waals surface area contributed by atoms with Crippen molar-refractivity contribution in [3.8, 4) is 11.1 Å². The maximum atomic E-state index is 6.66. The zero-order chi connectivity index (χ0) is 15.3. The molecule has 0 N–H and O–H groups in total. The van der Waals surface area contributed by atoms with Crippen molar-refractivity contribution in [2.24, 2.45) is 0 Å². The van der Waals surface area contributed by atoms with Crippen LogP contribution in [0.25, 0.3) is 11.1 Å². The smallest absolute Gasteiger partial charge is 0.140 e. The fourth-order valence-corrected chi connectivity index (χ4v) is 4.05. The van der Waals surface area contributed by atoms with E-state index in [0.717, 1.165) is 26.3 Å². The minimum Gasteiger partial charge on any atom is -0.379 e. The van der Waals surface area contributed by atoms with E-state index in [1.165, 1.54) is 22.3 Å². The summed E-state index contributed by atoms with van der Waals surface area (Å²) < 4.78 is 12.1. The van der Waals surface area contributed by atoms with Crippen molar-refractivity contribution >= 4 is 0 Å². The Morgan fingerprint density at radius 3 is 2.13 bits per heavy atom. The van der Waals surface area contributed by atoms with Crippen molar-refractivity contribution in [2.75, 3.05) is 26.3 Å². The van der Waals surface area contributed by atoms with Crippen molar-refractivity contribution in [3.05, 3.63) is 71.8 Å². The normalized spacial score (nSPS) is 24.8. The van der Waals surface area contributed by atoms with Gasteiger partial charge in [-0.15, -0.1) is 0 Å². The average molecular weight is 305 g/mol. The van der Waals surface area contributed by atoms with E-state index in [9.17, 15) is 0 Å². The molecule has 2 aliphatic heterocycles. The third-order valence-corrected chi connectivity index (χ3v) is 5.15. The van der Waals surface area contributed by atoms with Crippen molar-refractivity contribution in [1.29, 1.82) is 0 Å². The van der Waals surface area contributed by atoms with E-state index in [2.05, 4.69) is 65.6 Å². The molecular weight excluding hydrogens is 286 g/mol. The Kier molecular flexibility index (Phi) is 2.95. The van der Waals surface area contributed by atoms with Crippen molar-refractivity contribution in [3.63, 3.8) is 0 Å². The summed E-state index contributed by atoms with van der Waals surface area (Å²) in [4.78, 5) is 2.36. The minimum atomic E-state index is -0.434. The lowest BCUT2D eigenvalue weighted by atomic mass is 9.92. The van der Waals surface area contributed by atoms with Crippen LogP contribution in [0.3, 0.4) is 0 Å². The van der Waals surface area contributed by atoms with E-state index >= 15 is 0 Å². The number of hydrogen-bond donors (Lipinski definition) is 0.